The van der Waals surface area contributed by atoms with Crippen molar-refractivity contribution in [2.24, 2.45) is 0 Å². The highest BCUT2D eigenvalue weighted by molar-refractivity contribution is 9.10. The second kappa shape index (κ2) is 7.04. The fourth-order valence-corrected chi connectivity index (χ4v) is 2.79. The molecular formula is C18H18BrNO3. The Kier molecular flexibility index (Phi) is 4.86. The van der Waals surface area contributed by atoms with Crippen molar-refractivity contribution in [2.75, 3.05) is 6.61 Å². The molecule has 1 N–H and O–H groups in total. The number of nitrogens with one attached hydrogen (secondary N) is 1. The zero-order chi connectivity index (χ0) is 16.2. The molecule has 4 nitrogen and oxygen atoms in total. The molecular weight excluding hydrogens is 358 g/mol. The molecule has 23 heavy (non-hydrogen) atoms. The van der Waals surface area contributed by atoms with E-state index in [0.717, 1.165) is 16.5 Å². The summed E-state index contributed by atoms with van der Waals surface area (Å²) in [5.41, 5.74) is 1.07. The number of fused-ring (bicyclic) bond motifs is 1. The zero-order valence-electron chi connectivity index (χ0n) is 12.8. The summed E-state index contributed by atoms with van der Waals surface area (Å²) in [4.78, 5) is 12.5. The van der Waals surface area contributed by atoms with Gasteiger partial charge in [-0.05, 0) is 36.2 Å². The maximum Gasteiger partial charge on any atom is 0.265 e. The van der Waals surface area contributed by atoms with Crippen LogP contribution < -0.4 is 14.8 Å². The Morgan fingerprint density at radius 2 is 1.91 bits per heavy atom. The molecule has 5 heteroatoms. The summed E-state index contributed by atoms with van der Waals surface area (Å²) >= 11 is 3.42. The van der Waals surface area contributed by atoms with E-state index in [4.69, 9.17) is 9.47 Å². The Hall–Kier alpha value is -2.01. The summed E-state index contributed by atoms with van der Waals surface area (Å²) in [7, 11) is 0. The van der Waals surface area contributed by atoms with Crippen LogP contribution in [0.2, 0.25) is 0 Å². The first-order valence-corrected chi connectivity index (χ1v) is 8.41. The summed E-state index contributed by atoms with van der Waals surface area (Å²) in [6.07, 6.45) is 0.173. The number of ether oxygens (including phenoxy) is 2. The third-order valence-corrected chi connectivity index (χ3v) is 4.33. The van der Waals surface area contributed by atoms with Crippen LogP contribution in [0.4, 0.5) is 0 Å². The van der Waals surface area contributed by atoms with E-state index in [2.05, 4.69) is 21.2 Å². The molecule has 1 amide bonds. The van der Waals surface area contributed by atoms with Gasteiger partial charge in [0, 0.05) is 4.47 Å². The van der Waals surface area contributed by atoms with E-state index in [9.17, 15) is 4.79 Å². The van der Waals surface area contributed by atoms with Gasteiger partial charge in [0.2, 0.25) is 6.10 Å². The van der Waals surface area contributed by atoms with Crippen LogP contribution in [0.25, 0.3) is 0 Å². The van der Waals surface area contributed by atoms with Crippen molar-refractivity contribution in [3.63, 3.8) is 0 Å². The molecule has 1 aliphatic rings. The van der Waals surface area contributed by atoms with Gasteiger partial charge >= 0.3 is 0 Å². The third-order valence-electron chi connectivity index (χ3n) is 3.80. The summed E-state index contributed by atoms with van der Waals surface area (Å²) in [5.74, 6) is 1.13. The molecule has 0 aromatic heterocycles. The predicted octanol–water partition coefficient (Wildman–Crippen LogP) is 3.86. The first-order valence-electron chi connectivity index (χ1n) is 7.61. The van der Waals surface area contributed by atoms with E-state index in [-0.39, 0.29) is 18.6 Å². The topological polar surface area (TPSA) is 47.6 Å². The van der Waals surface area contributed by atoms with Gasteiger partial charge < -0.3 is 14.8 Å². The Morgan fingerprint density at radius 3 is 2.61 bits per heavy atom. The maximum atomic E-state index is 12.5. The van der Waals surface area contributed by atoms with Crippen molar-refractivity contribution in [1.29, 1.82) is 0 Å². The minimum atomic E-state index is -0.630. The first-order chi connectivity index (χ1) is 11.2. The van der Waals surface area contributed by atoms with Gasteiger partial charge in [0.25, 0.3) is 5.91 Å². The number of halogens is 1. The second-order valence-electron chi connectivity index (χ2n) is 5.39. The molecule has 0 unspecified atom stereocenters. The number of carbonyl (C=O) groups is 1. The number of carbonyl (C=O) groups excluding carboxylic acids is 1. The molecule has 0 spiro atoms. The quantitative estimate of drug-likeness (QED) is 0.882. The van der Waals surface area contributed by atoms with Gasteiger partial charge in [-0.25, -0.2) is 0 Å². The van der Waals surface area contributed by atoms with E-state index in [0.29, 0.717) is 11.5 Å². The molecule has 0 fully saturated rings. The standard InChI is InChI=1S/C18H18BrNO3/c1-2-14(12-7-9-13(19)10-8-12)20-18(21)17-11-22-15-5-3-4-6-16(15)23-17/h3-10,14,17H,2,11H2,1H3,(H,20,21)/t14-,17-/m0/s1. The Labute approximate surface area is 143 Å². The predicted molar refractivity (Wildman–Crippen MR) is 91.7 cm³/mol. The summed E-state index contributed by atoms with van der Waals surface area (Å²) in [6, 6.07) is 15.3. The van der Waals surface area contributed by atoms with Crippen LogP contribution in [0.5, 0.6) is 11.5 Å². The van der Waals surface area contributed by atoms with Crippen LogP contribution >= 0.6 is 15.9 Å². The number of hydrogen-bond donors (Lipinski definition) is 1. The molecule has 1 heterocycles. The van der Waals surface area contributed by atoms with Crippen molar-refractivity contribution in [2.45, 2.75) is 25.5 Å². The molecule has 2 aromatic rings. The number of amides is 1. The van der Waals surface area contributed by atoms with Crippen LogP contribution in [0.15, 0.2) is 53.0 Å². The van der Waals surface area contributed by atoms with Crippen molar-refractivity contribution < 1.29 is 14.3 Å². The Bertz CT molecular complexity index is 687. The maximum absolute atomic E-state index is 12.5. The number of benzene rings is 2. The van der Waals surface area contributed by atoms with E-state index in [1.807, 2.05) is 49.4 Å². The minimum Gasteiger partial charge on any atom is -0.485 e. The molecule has 3 rings (SSSR count). The summed E-state index contributed by atoms with van der Waals surface area (Å²) in [6.45, 7) is 2.26. The van der Waals surface area contributed by atoms with Gasteiger partial charge in [0.05, 0.1) is 6.04 Å². The largest absolute Gasteiger partial charge is 0.485 e. The highest BCUT2D eigenvalue weighted by atomic mass is 79.9. The average molecular weight is 376 g/mol. The van der Waals surface area contributed by atoms with Gasteiger partial charge in [0.15, 0.2) is 11.5 Å². The highest BCUT2D eigenvalue weighted by Gasteiger charge is 2.28. The normalized spacial score (nSPS) is 17.4. The van der Waals surface area contributed by atoms with Gasteiger partial charge in [-0.15, -0.1) is 0 Å². The molecule has 0 aliphatic carbocycles. The number of hydrogen-bond acceptors (Lipinski definition) is 3. The van der Waals surface area contributed by atoms with Crippen LogP contribution in [0.1, 0.15) is 24.9 Å². The van der Waals surface area contributed by atoms with E-state index >= 15 is 0 Å². The monoisotopic (exact) mass is 375 g/mol. The lowest BCUT2D eigenvalue weighted by molar-refractivity contribution is -0.131. The van der Waals surface area contributed by atoms with Crippen molar-refractivity contribution in [1.82, 2.24) is 5.32 Å². The molecule has 0 bridgehead atoms. The third kappa shape index (κ3) is 3.67. The lowest BCUT2D eigenvalue weighted by Gasteiger charge is -2.27. The SMILES string of the molecule is CC[C@H](NC(=O)[C@@H]1COc2ccccc2O1)c1ccc(Br)cc1. The van der Waals surface area contributed by atoms with E-state index < -0.39 is 6.10 Å². The lowest BCUT2D eigenvalue weighted by atomic mass is 10.0. The lowest BCUT2D eigenvalue weighted by Crippen LogP contribution is -2.45. The van der Waals surface area contributed by atoms with Crippen LogP contribution in [0, 0.1) is 0 Å². The Morgan fingerprint density at radius 1 is 1.22 bits per heavy atom. The molecule has 0 radical (unpaired) electrons. The molecule has 120 valence electrons. The van der Waals surface area contributed by atoms with E-state index in [1.54, 1.807) is 6.07 Å². The van der Waals surface area contributed by atoms with Crippen molar-refractivity contribution in [3.05, 3.63) is 58.6 Å². The fraction of sp³-hybridized carbons (Fsp3) is 0.278. The van der Waals surface area contributed by atoms with Gasteiger partial charge in [-0.1, -0.05) is 47.1 Å². The molecule has 2 aromatic carbocycles. The average Bonchev–Trinajstić information content (AvgIpc) is 2.60. The van der Waals surface area contributed by atoms with Gasteiger partial charge in [-0.3, -0.25) is 4.79 Å². The zero-order valence-corrected chi connectivity index (χ0v) is 14.4. The molecule has 0 saturated carbocycles. The minimum absolute atomic E-state index is 0.0450. The highest BCUT2D eigenvalue weighted by Crippen LogP contribution is 2.31. The molecule has 2 atom stereocenters. The molecule has 0 saturated heterocycles. The number of rotatable bonds is 4. The summed E-state index contributed by atoms with van der Waals surface area (Å²) in [5, 5.41) is 3.04. The summed E-state index contributed by atoms with van der Waals surface area (Å²) < 4.78 is 12.4. The van der Waals surface area contributed by atoms with Crippen LogP contribution in [-0.4, -0.2) is 18.6 Å². The van der Waals surface area contributed by atoms with Crippen LogP contribution in [-0.2, 0) is 4.79 Å². The van der Waals surface area contributed by atoms with Crippen molar-refractivity contribution in [3.8, 4) is 11.5 Å². The first kappa shape index (κ1) is 15.9. The second-order valence-corrected chi connectivity index (χ2v) is 6.30. The van der Waals surface area contributed by atoms with Gasteiger partial charge in [0.1, 0.15) is 6.61 Å². The van der Waals surface area contributed by atoms with Crippen molar-refractivity contribution >= 4 is 21.8 Å². The Balaban J connectivity index is 1.67. The van der Waals surface area contributed by atoms with Gasteiger partial charge in [-0.2, -0.15) is 0 Å². The molecule has 1 aliphatic heterocycles. The smallest absolute Gasteiger partial charge is 0.265 e. The van der Waals surface area contributed by atoms with E-state index in [1.165, 1.54) is 0 Å². The fourth-order valence-electron chi connectivity index (χ4n) is 2.53. The van der Waals surface area contributed by atoms with Crippen LogP contribution in [0.3, 0.4) is 0 Å². The number of para-hydroxylation sites is 2.